The molecule has 2 nitrogen and oxygen atoms in total. The van der Waals surface area contributed by atoms with E-state index in [-0.39, 0.29) is 5.41 Å². The fourth-order valence-electron chi connectivity index (χ4n) is 10.3. The molecule has 0 radical (unpaired) electrons. The highest BCUT2D eigenvalue weighted by Gasteiger charge is 2.36. The fourth-order valence-corrected chi connectivity index (χ4v) is 10.3. The summed E-state index contributed by atoms with van der Waals surface area (Å²) >= 11 is 0. The molecule has 0 fully saturated rings. The number of benzene rings is 10. The zero-order valence-electron chi connectivity index (χ0n) is 38.5. The molecule has 0 N–H and O–H groups in total. The van der Waals surface area contributed by atoms with Gasteiger partial charge in [0.1, 0.15) is 0 Å². The Balaban J connectivity index is 1.03. The van der Waals surface area contributed by atoms with Crippen molar-refractivity contribution in [2.45, 2.75) is 33.1 Å². The van der Waals surface area contributed by atoms with Crippen LogP contribution in [0.25, 0.3) is 55.6 Å². The lowest BCUT2D eigenvalue weighted by Crippen LogP contribution is -2.16. The molecular weight excluding hydrogens is 809 g/mol. The van der Waals surface area contributed by atoms with Crippen molar-refractivity contribution >= 4 is 34.1 Å². The molecule has 0 bridgehead atoms. The van der Waals surface area contributed by atoms with Crippen LogP contribution in [0.1, 0.15) is 36.1 Å². The Labute approximate surface area is 395 Å². The number of fused-ring (bicyclic) bond motifs is 3. The second-order valence-electron chi connectivity index (χ2n) is 18.2. The first-order valence-electron chi connectivity index (χ1n) is 23.3. The van der Waals surface area contributed by atoms with Crippen molar-refractivity contribution < 1.29 is 0 Å². The van der Waals surface area contributed by atoms with Crippen LogP contribution in [0.4, 0.5) is 34.1 Å². The van der Waals surface area contributed by atoms with Gasteiger partial charge in [-0.25, -0.2) is 0 Å². The van der Waals surface area contributed by atoms with Gasteiger partial charge in [-0.1, -0.05) is 178 Å². The molecule has 0 aliphatic heterocycles. The lowest BCUT2D eigenvalue weighted by atomic mass is 9.82. The van der Waals surface area contributed by atoms with Crippen molar-refractivity contribution in [3.8, 4) is 55.6 Å². The van der Waals surface area contributed by atoms with Crippen LogP contribution in [0.15, 0.2) is 243 Å². The van der Waals surface area contributed by atoms with Crippen molar-refractivity contribution in [3.63, 3.8) is 0 Å². The van der Waals surface area contributed by atoms with Crippen LogP contribution >= 0.6 is 0 Å². The molecule has 0 saturated carbocycles. The van der Waals surface area contributed by atoms with Gasteiger partial charge in [0.2, 0.25) is 0 Å². The highest BCUT2D eigenvalue weighted by atomic mass is 15.1. The summed E-state index contributed by atoms with van der Waals surface area (Å²) in [5.41, 5.74) is 24.1. The smallest absolute Gasteiger partial charge is 0.0490 e. The molecule has 0 saturated heterocycles. The van der Waals surface area contributed by atoms with Crippen LogP contribution in [-0.4, -0.2) is 0 Å². The molecule has 0 unspecified atom stereocenters. The van der Waals surface area contributed by atoms with Crippen LogP contribution in [-0.2, 0) is 5.41 Å². The molecule has 1 aliphatic rings. The first-order chi connectivity index (χ1) is 32.8. The van der Waals surface area contributed by atoms with Crippen molar-refractivity contribution in [1.29, 1.82) is 0 Å². The van der Waals surface area contributed by atoms with Crippen molar-refractivity contribution in [3.05, 3.63) is 265 Å². The maximum Gasteiger partial charge on any atom is 0.0490 e. The molecular formula is C65H52N2. The summed E-state index contributed by atoms with van der Waals surface area (Å²) in [5.74, 6) is 0. The zero-order chi connectivity index (χ0) is 45.5. The summed E-state index contributed by atoms with van der Waals surface area (Å²) in [4.78, 5) is 4.75. The summed E-state index contributed by atoms with van der Waals surface area (Å²) < 4.78 is 0. The van der Waals surface area contributed by atoms with Crippen LogP contribution in [0.3, 0.4) is 0 Å². The van der Waals surface area contributed by atoms with E-state index in [1.54, 1.807) is 0 Å². The van der Waals surface area contributed by atoms with E-state index in [0.29, 0.717) is 0 Å². The van der Waals surface area contributed by atoms with Gasteiger partial charge in [-0.2, -0.15) is 0 Å². The third-order valence-electron chi connectivity index (χ3n) is 13.7. The normalized spacial score (nSPS) is 12.3. The van der Waals surface area contributed by atoms with E-state index in [1.807, 2.05) is 0 Å². The Bertz CT molecular complexity index is 3360. The molecule has 0 aromatic heterocycles. The number of anilines is 6. The Morgan fingerprint density at radius 2 is 0.687 bits per heavy atom. The average Bonchev–Trinajstić information content (AvgIpc) is 3.61. The van der Waals surface area contributed by atoms with Gasteiger partial charge in [-0.05, 0) is 171 Å². The Morgan fingerprint density at radius 3 is 1.21 bits per heavy atom. The average molecular weight is 861 g/mol. The quantitative estimate of drug-likeness (QED) is 0.135. The third kappa shape index (κ3) is 7.61. The van der Waals surface area contributed by atoms with Crippen LogP contribution in [0, 0.1) is 13.8 Å². The molecule has 67 heavy (non-hydrogen) atoms. The summed E-state index contributed by atoms with van der Waals surface area (Å²) in [5, 5.41) is 0. The maximum absolute atomic E-state index is 2.42. The predicted octanol–water partition coefficient (Wildman–Crippen LogP) is 18.2. The highest BCUT2D eigenvalue weighted by Crippen LogP contribution is 2.52. The minimum absolute atomic E-state index is 0.110. The first-order valence-corrected chi connectivity index (χ1v) is 23.3. The van der Waals surface area contributed by atoms with E-state index < -0.39 is 0 Å². The topological polar surface area (TPSA) is 6.48 Å². The fraction of sp³-hybridized carbons (Fsp3) is 0.0769. The minimum Gasteiger partial charge on any atom is -0.310 e. The molecule has 10 aromatic carbocycles. The number of hydrogen-bond donors (Lipinski definition) is 0. The van der Waals surface area contributed by atoms with E-state index in [9.17, 15) is 0 Å². The minimum atomic E-state index is -0.110. The van der Waals surface area contributed by atoms with Gasteiger partial charge in [0.15, 0.2) is 0 Å². The van der Waals surface area contributed by atoms with E-state index >= 15 is 0 Å². The van der Waals surface area contributed by atoms with Gasteiger partial charge >= 0.3 is 0 Å². The largest absolute Gasteiger partial charge is 0.310 e. The Morgan fingerprint density at radius 1 is 0.284 bits per heavy atom. The summed E-state index contributed by atoms with van der Waals surface area (Å²) in [6.45, 7) is 9.14. The molecule has 322 valence electrons. The number of nitrogens with zero attached hydrogens (tertiary/aromatic N) is 2. The van der Waals surface area contributed by atoms with Gasteiger partial charge in [-0.15, -0.1) is 0 Å². The maximum atomic E-state index is 2.42. The Kier molecular flexibility index (Phi) is 10.7. The highest BCUT2D eigenvalue weighted by molar-refractivity contribution is 5.96. The Hall–Kier alpha value is -8.20. The molecule has 1 aliphatic carbocycles. The second-order valence-corrected chi connectivity index (χ2v) is 18.2. The predicted molar refractivity (Wildman–Crippen MR) is 285 cm³/mol. The van der Waals surface area contributed by atoms with E-state index in [0.717, 1.165) is 45.3 Å². The van der Waals surface area contributed by atoms with Crippen LogP contribution in [0.2, 0.25) is 0 Å². The molecule has 11 rings (SSSR count). The standard InChI is InChI=1S/C65H52N2/c1-45-20-17-18-31-63(45)67(52-28-15-8-16-29-52)54-38-34-50(35-39-54)60-44-57(47-22-9-5-10-23-47)59(43-58(60)48-24-11-6-12-25-48)49-32-36-53(37-33-49)66(51-26-13-7-14-27-51)55-40-41-56-62(42-55)65(3,4)61-30-19-21-46(2)64(56)61/h5-44H,1-4H3. The van der Waals surface area contributed by atoms with E-state index in [1.165, 1.54) is 66.8 Å². The third-order valence-corrected chi connectivity index (χ3v) is 13.7. The molecule has 2 heteroatoms. The van der Waals surface area contributed by atoms with Gasteiger partial charge in [0.25, 0.3) is 0 Å². The van der Waals surface area contributed by atoms with Gasteiger partial charge in [-0.3, -0.25) is 0 Å². The monoisotopic (exact) mass is 860 g/mol. The van der Waals surface area contributed by atoms with Crippen molar-refractivity contribution in [2.24, 2.45) is 0 Å². The van der Waals surface area contributed by atoms with Gasteiger partial charge in [0, 0.05) is 39.5 Å². The summed E-state index contributed by atoms with van der Waals surface area (Å²) in [7, 11) is 0. The molecule has 10 aromatic rings. The van der Waals surface area contributed by atoms with Gasteiger partial charge < -0.3 is 9.80 Å². The van der Waals surface area contributed by atoms with Crippen LogP contribution < -0.4 is 9.80 Å². The van der Waals surface area contributed by atoms with E-state index in [4.69, 9.17) is 0 Å². The zero-order valence-corrected chi connectivity index (χ0v) is 38.5. The summed E-state index contributed by atoms with van der Waals surface area (Å²) in [6, 6.07) is 88.6. The molecule has 0 heterocycles. The first kappa shape index (κ1) is 41.5. The van der Waals surface area contributed by atoms with Gasteiger partial charge in [0.05, 0.1) is 0 Å². The molecule has 0 atom stereocenters. The van der Waals surface area contributed by atoms with Crippen molar-refractivity contribution in [1.82, 2.24) is 0 Å². The summed E-state index contributed by atoms with van der Waals surface area (Å²) in [6.07, 6.45) is 0. The van der Waals surface area contributed by atoms with Crippen LogP contribution in [0.5, 0.6) is 0 Å². The molecule has 0 spiro atoms. The lowest BCUT2D eigenvalue weighted by molar-refractivity contribution is 0.660. The number of rotatable bonds is 10. The SMILES string of the molecule is Cc1ccccc1N(c1ccccc1)c1ccc(-c2cc(-c3ccccc3)c(-c3ccc(N(c4ccccc4)c4ccc5c(c4)C(C)(C)c4cccc(C)c4-5)cc3)cc2-c2ccccc2)cc1. The number of hydrogen-bond acceptors (Lipinski definition) is 2. The van der Waals surface area contributed by atoms with Crippen molar-refractivity contribution in [2.75, 3.05) is 9.80 Å². The molecule has 0 amide bonds. The lowest BCUT2D eigenvalue weighted by Gasteiger charge is -2.28. The second kappa shape index (κ2) is 17.3. The van der Waals surface area contributed by atoms with E-state index in [2.05, 4.69) is 280 Å². The number of para-hydroxylation sites is 3. The number of aryl methyl sites for hydroxylation is 2.